The third-order valence-electron chi connectivity index (χ3n) is 2.11. The molecule has 0 unspecified atom stereocenters. The molecule has 0 saturated carbocycles. The Morgan fingerprint density at radius 1 is 1.50 bits per heavy atom. The maximum absolute atomic E-state index is 10.9. The lowest BCUT2D eigenvalue weighted by Gasteiger charge is -1.89. The third-order valence-corrected chi connectivity index (χ3v) is 3.51. The van der Waals surface area contributed by atoms with Gasteiger partial charge in [0, 0.05) is 26.1 Å². The summed E-state index contributed by atoms with van der Waals surface area (Å²) < 4.78 is 5.63. The number of carbonyl (C=O) groups is 1. The fourth-order valence-corrected chi connectivity index (χ4v) is 2.62. The van der Waals surface area contributed by atoms with Crippen LogP contribution in [0.4, 0.5) is 0 Å². The summed E-state index contributed by atoms with van der Waals surface area (Å²) in [6.07, 6.45) is 3.13. The second kappa shape index (κ2) is 4.68. The topological polar surface area (TPSA) is 26.3 Å². The summed E-state index contributed by atoms with van der Waals surface area (Å²) in [6, 6.07) is 7.72. The van der Waals surface area contributed by atoms with E-state index in [9.17, 15) is 4.79 Å². The normalized spacial score (nSPS) is 11.1. The first-order chi connectivity index (χ1) is 7.70. The molecule has 0 atom stereocenters. The Kier molecular flexibility index (Phi) is 3.27. The van der Waals surface area contributed by atoms with E-state index in [1.807, 2.05) is 24.3 Å². The van der Waals surface area contributed by atoms with E-state index in [0.29, 0.717) is 0 Å². The van der Waals surface area contributed by atoms with E-state index < -0.39 is 0 Å². The average molecular weight is 253 g/mol. The van der Waals surface area contributed by atoms with E-state index in [-0.39, 0.29) is 5.97 Å². The van der Waals surface area contributed by atoms with Crippen molar-refractivity contribution in [2.24, 2.45) is 0 Å². The second-order valence-corrected chi connectivity index (χ2v) is 4.68. The Balaban J connectivity index is 2.37. The molecule has 2 rings (SSSR count). The second-order valence-electron chi connectivity index (χ2n) is 3.16. The summed E-state index contributed by atoms with van der Waals surface area (Å²) in [5.74, 6) is -0.358. The van der Waals surface area contributed by atoms with Crippen LogP contribution in [0.1, 0.15) is 4.88 Å². The van der Waals surface area contributed by atoms with Gasteiger partial charge in [-0.1, -0.05) is 17.7 Å². The Morgan fingerprint density at radius 2 is 2.31 bits per heavy atom. The number of rotatable bonds is 2. The molecule has 82 valence electrons. The molecular formula is C12H9ClO2S. The molecule has 16 heavy (non-hydrogen) atoms. The minimum Gasteiger partial charge on any atom is -0.466 e. The largest absolute Gasteiger partial charge is 0.466 e. The zero-order valence-electron chi connectivity index (χ0n) is 8.57. The number of thiophene rings is 1. The van der Waals surface area contributed by atoms with E-state index in [4.69, 9.17) is 11.6 Å². The zero-order chi connectivity index (χ0) is 11.5. The van der Waals surface area contributed by atoms with Gasteiger partial charge in [0.05, 0.1) is 7.11 Å². The first kappa shape index (κ1) is 11.2. The maximum atomic E-state index is 10.9. The molecule has 0 bridgehead atoms. The van der Waals surface area contributed by atoms with Gasteiger partial charge in [0.25, 0.3) is 0 Å². The number of methoxy groups -OCH3 is 1. The van der Waals surface area contributed by atoms with Gasteiger partial charge < -0.3 is 4.74 Å². The summed E-state index contributed by atoms with van der Waals surface area (Å²) >= 11 is 7.64. The highest BCUT2D eigenvalue weighted by atomic mass is 35.5. The quantitative estimate of drug-likeness (QED) is 0.601. The standard InChI is InChI=1S/C12H9ClO2S/c1-15-12(14)6-5-8-7-9-10(13)3-2-4-11(9)16-8/h2-7H,1H3/b6-5+. The van der Waals surface area contributed by atoms with E-state index in [1.54, 1.807) is 17.4 Å². The molecule has 0 radical (unpaired) electrons. The molecule has 1 aromatic carbocycles. The van der Waals surface area contributed by atoms with Crippen molar-refractivity contribution in [1.82, 2.24) is 0 Å². The minimum atomic E-state index is -0.358. The maximum Gasteiger partial charge on any atom is 0.330 e. The van der Waals surface area contributed by atoms with E-state index in [0.717, 1.165) is 20.0 Å². The molecule has 1 heterocycles. The van der Waals surface area contributed by atoms with Crippen LogP contribution >= 0.6 is 22.9 Å². The van der Waals surface area contributed by atoms with Crippen LogP contribution < -0.4 is 0 Å². The van der Waals surface area contributed by atoms with Gasteiger partial charge in [-0.2, -0.15) is 0 Å². The molecule has 1 aromatic heterocycles. The van der Waals surface area contributed by atoms with Crippen molar-refractivity contribution in [3.63, 3.8) is 0 Å². The highest BCUT2D eigenvalue weighted by Crippen LogP contribution is 2.31. The molecule has 2 aromatic rings. The third kappa shape index (κ3) is 2.26. The molecule has 0 aliphatic carbocycles. The fourth-order valence-electron chi connectivity index (χ4n) is 1.35. The Hall–Kier alpha value is -1.32. The van der Waals surface area contributed by atoms with Gasteiger partial charge >= 0.3 is 5.97 Å². The number of hydrogen-bond donors (Lipinski definition) is 0. The molecule has 0 spiro atoms. The van der Waals surface area contributed by atoms with Crippen molar-refractivity contribution in [2.75, 3.05) is 7.11 Å². The Morgan fingerprint density at radius 3 is 3.00 bits per heavy atom. The lowest BCUT2D eigenvalue weighted by Crippen LogP contribution is -1.92. The van der Waals surface area contributed by atoms with Crippen LogP contribution in [-0.2, 0) is 9.53 Å². The summed E-state index contributed by atoms with van der Waals surface area (Å²) in [5, 5.41) is 1.74. The van der Waals surface area contributed by atoms with Gasteiger partial charge in [-0.25, -0.2) is 4.79 Å². The SMILES string of the molecule is COC(=O)/C=C/c1cc2c(Cl)cccc2s1. The van der Waals surface area contributed by atoms with Crippen LogP contribution in [0.3, 0.4) is 0 Å². The smallest absolute Gasteiger partial charge is 0.330 e. The highest BCUT2D eigenvalue weighted by molar-refractivity contribution is 7.20. The molecule has 2 nitrogen and oxygen atoms in total. The molecule has 0 fully saturated rings. The lowest BCUT2D eigenvalue weighted by atomic mass is 10.2. The predicted molar refractivity (Wildman–Crippen MR) is 67.9 cm³/mol. The molecule has 0 aliphatic rings. The molecule has 0 N–H and O–H groups in total. The fraction of sp³-hybridized carbons (Fsp3) is 0.0833. The summed E-state index contributed by atoms with van der Waals surface area (Å²) in [5.41, 5.74) is 0. The highest BCUT2D eigenvalue weighted by Gasteiger charge is 2.02. The molecule has 0 aliphatic heterocycles. The predicted octanol–water partition coefficient (Wildman–Crippen LogP) is 3.74. The van der Waals surface area contributed by atoms with E-state index >= 15 is 0 Å². The van der Waals surface area contributed by atoms with Crippen molar-refractivity contribution in [3.05, 3.63) is 40.2 Å². The van der Waals surface area contributed by atoms with Crippen molar-refractivity contribution < 1.29 is 9.53 Å². The lowest BCUT2D eigenvalue weighted by molar-refractivity contribution is -0.134. The van der Waals surface area contributed by atoms with Crippen LogP contribution in [0.25, 0.3) is 16.2 Å². The number of benzene rings is 1. The van der Waals surface area contributed by atoms with E-state index in [1.165, 1.54) is 13.2 Å². The van der Waals surface area contributed by atoms with Crippen LogP contribution in [0, 0.1) is 0 Å². The number of ether oxygens (including phenoxy) is 1. The molecule has 4 heteroatoms. The van der Waals surface area contributed by atoms with Crippen LogP contribution in [-0.4, -0.2) is 13.1 Å². The van der Waals surface area contributed by atoms with Gasteiger partial charge in [-0.05, 0) is 24.3 Å². The number of esters is 1. The van der Waals surface area contributed by atoms with Crippen molar-refractivity contribution in [1.29, 1.82) is 0 Å². The first-order valence-electron chi connectivity index (χ1n) is 4.65. The zero-order valence-corrected chi connectivity index (χ0v) is 10.1. The Labute approximate surface area is 102 Å². The van der Waals surface area contributed by atoms with Gasteiger partial charge in [0.2, 0.25) is 0 Å². The molecule has 0 amide bonds. The number of hydrogen-bond acceptors (Lipinski definition) is 3. The summed E-state index contributed by atoms with van der Waals surface area (Å²) in [4.78, 5) is 11.9. The van der Waals surface area contributed by atoms with Crippen LogP contribution in [0.2, 0.25) is 5.02 Å². The Bertz CT molecular complexity index is 557. The number of fused-ring (bicyclic) bond motifs is 1. The summed E-state index contributed by atoms with van der Waals surface area (Å²) in [6.45, 7) is 0. The van der Waals surface area contributed by atoms with Gasteiger partial charge in [-0.3, -0.25) is 0 Å². The molecule has 0 saturated heterocycles. The number of halogens is 1. The number of carbonyl (C=O) groups excluding carboxylic acids is 1. The van der Waals surface area contributed by atoms with Gasteiger partial charge in [0.15, 0.2) is 0 Å². The van der Waals surface area contributed by atoms with E-state index in [2.05, 4.69) is 4.74 Å². The van der Waals surface area contributed by atoms with Crippen LogP contribution in [0.5, 0.6) is 0 Å². The summed E-state index contributed by atoms with van der Waals surface area (Å²) in [7, 11) is 1.36. The van der Waals surface area contributed by atoms with Crippen molar-refractivity contribution in [3.8, 4) is 0 Å². The van der Waals surface area contributed by atoms with Crippen molar-refractivity contribution in [2.45, 2.75) is 0 Å². The minimum absolute atomic E-state index is 0.358. The first-order valence-corrected chi connectivity index (χ1v) is 5.84. The molecular weight excluding hydrogens is 244 g/mol. The average Bonchev–Trinajstić information content (AvgIpc) is 2.70. The van der Waals surface area contributed by atoms with Crippen molar-refractivity contribution >= 4 is 45.1 Å². The van der Waals surface area contributed by atoms with Gasteiger partial charge in [-0.15, -0.1) is 11.3 Å². The monoisotopic (exact) mass is 252 g/mol. The van der Waals surface area contributed by atoms with Crippen LogP contribution in [0.15, 0.2) is 30.3 Å². The van der Waals surface area contributed by atoms with Gasteiger partial charge in [0.1, 0.15) is 0 Å².